The average molecular weight is 284 g/mol. The van der Waals surface area contributed by atoms with Gasteiger partial charge in [-0.25, -0.2) is 9.98 Å². The number of hydrogen-bond donors (Lipinski definition) is 2. The topological polar surface area (TPSA) is 86.5 Å². The molecule has 0 aliphatic carbocycles. The zero-order valence-corrected chi connectivity index (χ0v) is 12.5. The molecule has 0 fully saturated rings. The molecule has 0 spiro atoms. The van der Waals surface area contributed by atoms with Crippen molar-refractivity contribution in [3.63, 3.8) is 0 Å². The lowest BCUT2D eigenvalue weighted by atomic mass is 9.86. The first-order chi connectivity index (χ1) is 9.88. The van der Waals surface area contributed by atoms with Crippen LogP contribution in [0.4, 0.5) is 5.69 Å². The zero-order valence-electron chi connectivity index (χ0n) is 12.5. The van der Waals surface area contributed by atoms with Gasteiger partial charge in [0.1, 0.15) is 11.4 Å². The van der Waals surface area contributed by atoms with E-state index in [1.807, 2.05) is 24.3 Å². The number of pyridine rings is 1. The Morgan fingerprint density at radius 1 is 1.10 bits per heavy atom. The van der Waals surface area contributed by atoms with Crippen molar-refractivity contribution in [3.05, 3.63) is 48.2 Å². The van der Waals surface area contributed by atoms with E-state index in [2.05, 4.69) is 30.7 Å². The molecule has 0 saturated heterocycles. The number of aliphatic imine (C=N–C) groups is 1. The van der Waals surface area contributed by atoms with E-state index < -0.39 is 0 Å². The number of hydrogen-bond acceptors (Lipinski definition) is 3. The zero-order chi connectivity index (χ0) is 15.5. The Bertz CT molecular complexity index is 655. The lowest BCUT2D eigenvalue weighted by molar-refractivity contribution is 0.441. The van der Waals surface area contributed by atoms with Gasteiger partial charge in [-0.1, -0.05) is 39.0 Å². The lowest BCUT2D eigenvalue weighted by Crippen LogP contribution is -2.22. The summed E-state index contributed by atoms with van der Waals surface area (Å²) < 4.78 is 5.94. The molecule has 5 nitrogen and oxygen atoms in total. The van der Waals surface area contributed by atoms with Crippen LogP contribution in [0.3, 0.4) is 0 Å². The van der Waals surface area contributed by atoms with Gasteiger partial charge in [-0.2, -0.15) is 0 Å². The van der Waals surface area contributed by atoms with Crippen LogP contribution in [0.5, 0.6) is 11.6 Å². The van der Waals surface area contributed by atoms with Crippen LogP contribution in [-0.2, 0) is 5.41 Å². The molecule has 0 bridgehead atoms. The molecule has 0 saturated carbocycles. The largest absolute Gasteiger partial charge is 0.437 e. The number of ether oxygens (including phenoxy) is 1. The summed E-state index contributed by atoms with van der Waals surface area (Å²) in [7, 11) is 0. The van der Waals surface area contributed by atoms with Crippen molar-refractivity contribution in [2.75, 3.05) is 0 Å². The van der Waals surface area contributed by atoms with E-state index in [0.29, 0.717) is 11.6 Å². The Morgan fingerprint density at radius 2 is 1.81 bits per heavy atom. The van der Waals surface area contributed by atoms with E-state index >= 15 is 0 Å². The summed E-state index contributed by atoms with van der Waals surface area (Å²) in [5.74, 6) is 1.09. The first-order valence-electron chi connectivity index (χ1n) is 6.70. The summed E-state index contributed by atoms with van der Waals surface area (Å²) in [5, 5.41) is 0. The van der Waals surface area contributed by atoms with Crippen LogP contribution in [-0.4, -0.2) is 10.9 Å². The van der Waals surface area contributed by atoms with Crippen molar-refractivity contribution in [3.8, 4) is 11.6 Å². The molecular weight excluding hydrogens is 264 g/mol. The van der Waals surface area contributed by atoms with Crippen molar-refractivity contribution in [1.82, 2.24) is 4.98 Å². The fourth-order valence-corrected chi connectivity index (χ4v) is 1.96. The molecular formula is C16H20N4O. The van der Waals surface area contributed by atoms with Crippen LogP contribution in [0.1, 0.15) is 26.3 Å². The van der Waals surface area contributed by atoms with E-state index in [1.165, 1.54) is 0 Å². The van der Waals surface area contributed by atoms with Gasteiger partial charge in [0.05, 0.1) is 0 Å². The Kier molecular flexibility index (Phi) is 4.12. The second kappa shape index (κ2) is 5.83. The van der Waals surface area contributed by atoms with Gasteiger partial charge in [0.25, 0.3) is 0 Å². The fraction of sp³-hybridized carbons (Fsp3) is 0.250. The van der Waals surface area contributed by atoms with Gasteiger partial charge in [-0.3, -0.25) is 0 Å². The third-order valence-electron chi connectivity index (χ3n) is 2.90. The smallest absolute Gasteiger partial charge is 0.245 e. The molecule has 5 heteroatoms. The van der Waals surface area contributed by atoms with Gasteiger partial charge in [-0.15, -0.1) is 0 Å². The number of benzene rings is 1. The molecule has 2 rings (SSSR count). The number of nitrogens with zero attached hydrogens (tertiary/aromatic N) is 2. The number of aromatic nitrogens is 1. The van der Waals surface area contributed by atoms with Crippen LogP contribution in [0.25, 0.3) is 0 Å². The van der Waals surface area contributed by atoms with E-state index in [9.17, 15) is 0 Å². The third kappa shape index (κ3) is 3.72. The first kappa shape index (κ1) is 14.8. The predicted octanol–water partition coefficient (Wildman–Crippen LogP) is 3.08. The van der Waals surface area contributed by atoms with E-state index in [4.69, 9.17) is 16.2 Å². The number of para-hydroxylation sites is 1. The van der Waals surface area contributed by atoms with Gasteiger partial charge in [-0.05, 0) is 23.6 Å². The quantitative estimate of drug-likeness (QED) is 0.670. The molecule has 0 atom stereocenters. The first-order valence-corrected chi connectivity index (χ1v) is 6.70. The van der Waals surface area contributed by atoms with Crippen LogP contribution in [0, 0.1) is 0 Å². The minimum absolute atomic E-state index is 0.0306. The van der Waals surface area contributed by atoms with Crippen LogP contribution < -0.4 is 16.2 Å². The molecule has 1 heterocycles. The fourth-order valence-electron chi connectivity index (χ4n) is 1.96. The van der Waals surface area contributed by atoms with Crippen molar-refractivity contribution in [1.29, 1.82) is 0 Å². The molecule has 2 aromatic rings. The van der Waals surface area contributed by atoms with Gasteiger partial charge in [0, 0.05) is 11.8 Å². The van der Waals surface area contributed by atoms with Crippen molar-refractivity contribution in [2.24, 2.45) is 16.5 Å². The summed E-state index contributed by atoms with van der Waals surface area (Å²) in [6, 6.07) is 11.4. The van der Waals surface area contributed by atoms with E-state index in [1.54, 1.807) is 18.3 Å². The van der Waals surface area contributed by atoms with E-state index in [0.717, 1.165) is 11.3 Å². The summed E-state index contributed by atoms with van der Waals surface area (Å²) >= 11 is 0. The minimum atomic E-state index is -0.0400. The Morgan fingerprint density at radius 3 is 2.48 bits per heavy atom. The lowest BCUT2D eigenvalue weighted by Gasteiger charge is -2.22. The number of rotatable bonds is 3. The molecule has 0 aliphatic heterocycles. The highest BCUT2D eigenvalue weighted by atomic mass is 16.5. The molecule has 0 aliphatic rings. The molecule has 0 radical (unpaired) electrons. The normalized spacial score (nSPS) is 11.0. The molecule has 0 amide bonds. The van der Waals surface area contributed by atoms with Crippen LogP contribution >= 0.6 is 0 Å². The maximum atomic E-state index is 5.94. The maximum Gasteiger partial charge on any atom is 0.245 e. The van der Waals surface area contributed by atoms with Crippen molar-refractivity contribution in [2.45, 2.75) is 26.2 Å². The second-order valence-corrected chi connectivity index (χ2v) is 5.71. The molecule has 1 aromatic heterocycles. The summed E-state index contributed by atoms with van der Waals surface area (Å²) in [6.07, 6.45) is 1.64. The van der Waals surface area contributed by atoms with Crippen molar-refractivity contribution < 1.29 is 4.74 Å². The predicted molar refractivity (Wildman–Crippen MR) is 84.9 cm³/mol. The monoisotopic (exact) mass is 284 g/mol. The number of nitrogens with two attached hydrogens (primary N) is 2. The molecule has 110 valence electrons. The number of guanidine groups is 1. The summed E-state index contributed by atoms with van der Waals surface area (Å²) in [4.78, 5) is 8.24. The van der Waals surface area contributed by atoms with Crippen LogP contribution in [0.15, 0.2) is 47.6 Å². The third-order valence-corrected chi connectivity index (χ3v) is 2.90. The SMILES string of the molecule is CC(C)(C)c1ccccc1Oc1ncccc1N=C(N)N. The van der Waals surface area contributed by atoms with Gasteiger partial charge in [0.15, 0.2) is 5.96 Å². The van der Waals surface area contributed by atoms with Crippen LogP contribution in [0.2, 0.25) is 0 Å². The minimum Gasteiger partial charge on any atom is -0.437 e. The second-order valence-electron chi connectivity index (χ2n) is 5.71. The van der Waals surface area contributed by atoms with E-state index in [-0.39, 0.29) is 11.4 Å². The molecule has 0 unspecified atom stereocenters. The average Bonchev–Trinajstić information content (AvgIpc) is 2.40. The van der Waals surface area contributed by atoms with Gasteiger partial charge < -0.3 is 16.2 Å². The highest BCUT2D eigenvalue weighted by molar-refractivity contribution is 5.79. The maximum absolute atomic E-state index is 5.94. The summed E-state index contributed by atoms with van der Waals surface area (Å²) in [6.45, 7) is 6.39. The molecule has 4 N–H and O–H groups in total. The van der Waals surface area contributed by atoms with Crippen molar-refractivity contribution >= 4 is 11.6 Å². The Balaban J connectivity index is 2.43. The Hall–Kier alpha value is -2.56. The molecule has 1 aromatic carbocycles. The Labute approximate surface area is 124 Å². The van der Waals surface area contributed by atoms with Gasteiger partial charge >= 0.3 is 0 Å². The molecule has 21 heavy (non-hydrogen) atoms. The van der Waals surface area contributed by atoms with Gasteiger partial charge in [0.2, 0.25) is 5.88 Å². The highest BCUT2D eigenvalue weighted by Crippen LogP contribution is 2.36. The summed E-state index contributed by atoms with van der Waals surface area (Å²) in [5.41, 5.74) is 12.4. The highest BCUT2D eigenvalue weighted by Gasteiger charge is 2.19. The standard InChI is InChI=1S/C16H20N4O/c1-16(2,3)11-7-4-5-9-13(11)21-14-12(20-15(17)18)8-6-10-19-14/h4-10H,1-3H3,(H4,17,18,20).